The Balaban J connectivity index is 1.39. The number of carbonyl (C=O) groups excluding carboxylic acids is 2. The van der Waals surface area contributed by atoms with Crippen LogP contribution in [0.5, 0.6) is 0 Å². The smallest absolute Gasteiger partial charge is 0.228 e. The van der Waals surface area contributed by atoms with Gasteiger partial charge in [0.15, 0.2) is 0 Å². The Morgan fingerprint density at radius 2 is 1.92 bits per heavy atom. The van der Waals surface area contributed by atoms with E-state index in [1.807, 2.05) is 9.80 Å². The largest absolute Gasteiger partial charge is 0.379 e. The van der Waals surface area contributed by atoms with Gasteiger partial charge in [-0.15, -0.1) is 0 Å². The first-order chi connectivity index (χ1) is 11.7. The van der Waals surface area contributed by atoms with Gasteiger partial charge >= 0.3 is 0 Å². The van der Waals surface area contributed by atoms with Crippen LogP contribution in [0.25, 0.3) is 0 Å². The van der Waals surface area contributed by atoms with Gasteiger partial charge in [0, 0.05) is 51.2 Å². The lowest BCUT2D eigenvalue weighted by Crippen LogP contribution is -2.47. The van der Waals surface area contributed by atoms with Gasteiger partial charge in [-0.3, -0.25) is 14.5 Å². The summed E-state index contributed by atoms with van der Waals surface area (Å²) in [6.45, 7) is 8.10. The average molecular weight is 335 g/mol. The van der Waals surface area contributed by atoms with Crippen LogP contribution in [-0.4, -0.2) is 84.5 Å². The van der Waals surface area contributed by atoms with E-state index in [1.165, 1.54) is 0 Å². The van der Waals surface area contributed by atoms with Crippen molar-refractivity contribution in [1.29, 1.82) is 0 Å². The van der Waals surface area contributed by atoms with E-state index in [0.717, 1.165) is 58.7 Å². The normalized spacial score (nSPS) is 35.0. The molecule has 4 fully saturated rings. The van der Waals surface area contributed by atoms with Crippen LogP contribution in [-0.2, 0) is 14.3 Å². The number of rotatable bonds is 4. The second-order valence-corrected chi connectivity index (χ2v) is 7.81. The zero-order valence-corrected chi connectivity index (χ0v) is 14.7. The lowest BCUT2D eigenvalue weighted by Gasteiger charge is -2.34. The maximum Gasteiger partial charge on any atom is 0.228 e. The number of ether oxygens (including phenoxy) is 1. The third kappa shape index (κ3) is 3.06. The number of morpholine rings is 1. The fraction of sp³-hybridized carbons (Fsp3) is 0.889. The van der Waals surface area contributed by atoms with Gasteiger partial charge in [-0.2, -0.15) is 0 Å². The molecule has 1 saturated carbocycles. The zero-order chi connectivity index (χ0) is 16.7. The summed E-state index contributed by atoms with van der Waals surface area (Å²) in [6.07, 6.45) is 3.76. The van der Waals surface area contributed by atoms with Gasteiger partial charge in [0.1, 0.15) is 0 Å². The molecule has 24 heavy (non-hydrogen) atoms. The summed E-state index contributed by atoms with van der Waals surface area (Å²) in [5, 5.41) is 0. The van der Waals surface area contributed by atoms with Crippen LogP contribution in [0, 0.1) is 11.8 Å². The van der Waals surface area contributed by atoms with E-state index < -0.39 is 0 Å². The maximum atomic E-state index is 13.0. The number of hydrogen-bond donors (Lipinski definition) is 0. The van der Waals surface area contributed by atoms with Crippen LogP contribution < -0.4 is 0 Å². The van der Waals surface area contributed by atoms with Crippen LogP contribution in [0.3, 0.4) is 0 Å². The number of carbonyl (C=O) groups is 2. The maximum absolute atomic E-state index is 13.0. The lowest BCUT2D eigenvalue weighted by atomic mass is 9.99. The molecule has 1 aliphatic carbocycles. The third-order valence-corrected chi connectivity index (χ3v) is 6.25. The Morgan fingerprint density at radius 3 is 2.58 bits per heavy atom. The van der Waals surface area contributed by atoms with Gasteiger partial charge < -0.3 is 14.5 Å². The van der Waals surface area contributed by atoms with Gasteiger partial charge in [0.05, 0.1) is 19.1 Å². The van der Waals surface area contributed by atoms with Crippen molar-refractivity contribution in [1.82, 2.24) is 14.7 Å². The SMILES string of the molecule is CCC1CN(C(=O)C2CC(=O)N(C3CC3)C2)CC1N1CCOCC1. The molecule has 3 aliphatic heterocycles. The van der Waals surface area contributed by atoms with Crippen LogP contribution in [0.15, 0.2) is 0 Å². The minimum atomic E-state index is -0.112. The molecule has 2 amide bonds. The summed E-state index contributed by atoms with van der Waals surface area (Å²) < 4.78 is 5.47. The quantitative estimate of drug-likeness (QED) is 0.754. The molecule has 0 aromatic heterocycles. The van der Waals surface area contributed by atoms with Gasteiger partial charge in [-0.05, 0) is 18.8 Å². The van der Waals surface area contributed by atoms with Crippen LogP contribution in [0.1, 0.15) is 32.6 Å². The fourth-order valence-corrected chi connectivity index (χ4v) is 4.65. The highest BCUT2D eigenvalue weighted by Gasteiger charge is 2.45. The number of nitrogens with zero attached hydrogens (tertiary/aromatic N) is 3. The summed E-state index contributed by atoms with van der Waals surface area (Å²) >= 11 is 0. The van der Waals surface area contributed by atoms with Crippen molar-refractivity contribution in [2.24, 2.45) is 11.8 Å². The van der Waals surface area contributed by atoms with E-state index in [0.29, 0.717) is 31.0 Å². The first kappa shape index (κ1) is 16.3. The van der Waals surface area contributed by atoms with Gasteiger partial charge in [0.2, 0.25) is 11.8 Å². The molecular weight excluding hydrogens is 306 g/mol. The summed E-state index contributed by atoms with van der Waals surface area (Å²) in [4.78, 5) is 31.6. The Bertz CT molecular complexity index is 502. The van der Waals surface area contributed by atoms with E-state index in [1.54, 1.807) is 0 Å². The molecule has 3 atom stereocenters. The minimum Gasteiger partial charge on any atom is -0.379 e. The van der Waals surface area contributed by atoms with Crippen molar-refractivity contribution < 1.29 is 14.3 Å². The molecule has 0 spiro atoms. The van der Waals surface area contributed by atoms with Crippen molar-refractivity contribution in [2.75, 3.05) is 45.9 Å². The minimum absolute atomic E-state index is 0.112. The molecule has 0 aromatic rings. The Kier molecular flexibility index (Phi) is 4.52. The molecule has 0 aromatic carbocycles. The Morgan fingerprint density at radius 1 is 1.17 bits per heavy atom. The molecule has 0 bridgehead atoms. The molecule has 6 nitrogen and oxygen atoms in total. The molecule has 3 saturated heterocycles. The molecule has 3 heterocycles. The van der Waals surface area contributed by atoms with E-state index >= 15 is 0 Å². The first-order valence-corrected chi connectivity index (χ1v) is 9.57. The highest BCUT2D eigenvalue weighted by Crippen LogP contribution is 2.34. The molecule has 6 heteroatoms. The standard InChI is InChI=1S/C18H29N3O3/c1-2-13-10-20(12-16(13)19-5-7-24-8-6-19)18(23)14-9-17(22)21(11-14)15-3-4-15/h13-16H,2-12H2,1H3. The van der Waals surface area contributed by atoms with E-state index in [9.17, 15) is 9.59 Å². The van der Waals surface area contributed by atoms with Crippen LogP contribution in [0.4, 0.5) is 0 Å². The summed E-state index contributed by atoms with van der Waals surface area (Å²) in [6, 6.07) is 0.887. The zero-order valence-electron chi connectivity index (χ0n) is 14.7. The monoisotopic (exact) mass is 335 g/mol. The predicted octanol–water partition coefficient (Wildman–Crippen LogP) is 0.567. The molecule has 0 N–H and O–H groups in total. The molecular formula is C18H29N3O3. The van der Waals surface area contributed by atoms with E-state index in [4.69, 9.17) is 4.74 Å². The van der Waals surface area contributed by atoms with Crippen molar-refractivity contribution in [2.45, 2.75) is 44.7 Å². The second kappa shape index (κ2) is 6.64. The number of amides is 2. The molecule has 4 rings (SSSR count). The molecule has 134 valence electrons. The Hall–Kier alpha value is -1.14. The summed E-state index contributed by atoms with van der Waals surface area (Å²) in [7, 11) is 0. The van der Waals surface area contributed by atoms with Gasteiger partial charge in [0.25, 0.3) is 0 Å². The lowest BCUT2D eigenvalue weighted by molar-refractivity contribution is -0.135. The van der Waals surface area contributed by atoms with Gasteiger partial charge in [-0.1, -0.05) is 13.3 Å². The van der Waals surface area contributed by atoms with Crippen molar-refractivity contribution in [3.8, 4) is 0 Å². The highest BCUT2D eigenvalue weighted by atomic mass is 16.5. The molecule has 4 aliphatic rings. The number of likely N-dealkylation sites (tertiary alicyclic amines) is 2. The fourth-order valence-electron chi connectivity index (χ4n) is 4.65. The topological polar surface area (TPSA) is 53.1 Å². The first-order valence-electron chi connectivity index (χ1n) is 9.57. The summed E-state index contributed by atoms with van der Waals surface area (Å²) in [5.41, 5.74) is 0. The van der Waals surface area contributed by atoms with E-state index in [-0.39, 0.29) is 17.7 Å². The Labute approximate surface area is 144 Å². The third-order valence-electron chi connectivity index (χ3n) is 6.25. The van der Waals surface area contributed by atoms with Crippen LogP contribution >= 0.6 is 0 Å². The van der Waals surface area contributed by atoms with E-state index in [2.05, 4.69) is 11.8 Å². The average Bonchev–Trinajstić information content (AvgIpc) is 3.24. The predicted molar refractivity (Wildman–Crippen MR) is 89.4 cm³/mol. The van der Waals surface area contributed by atoms with Crippen molar-refractivity contribution >= 4 is 11.8 Å². The van der Waals surface area contributed by atoms with Crippen molar-refractivity contribution in [3.63, 3.8) is 0 Å². The molecule has 0 radical (unpaired) electrons. The van der Waals surface area contributed by atoms with Gasteiger partial charge in [-0.25, -0.2) is 0 Å². The second-order valence-electron chi connectivity index (χ2n) is 7.81. The van der Waals surface area contributed by atoms with Crippen LogP contribution in [0.2, 0.25) is 0 Å². The number of hydrogen-bond acceptors (Lipinski definition) is 4. The molecule has 3 unspecified atom stereocenters. The van der Waals surface area contributed by atoms with Crippen molar-refractivity contribution in [3.05, 3.63) is 0 Å². The highest BCUT2D eigenvalue weighted by molar-refractivity contribution is 5.89. The summed E-state index contributed by atoms with van der Waals surface area (Å²) in [5.74, 6) is 0.829.